The molecule has 1 rings (SSSR count). The maximum atomic E-state index is 12.1. The van der Waals surface area contributed by atoms with Crippen molar-refractivity contribution >= 4 is 18.1 Å². The fraction of sp³-hybridized carbons (Fsp3) is 0.800. The Kier molecular flexibility index (Phi) is 8.14. The molecule has 6 amide bonds. The molecular weight excluding hydrogens is 312 g/mol. The zero-order valence-corrected chi connectivity index (χ0v) is 15.0. The minimum atomic E-state index is -0.638. The molecule has 0 radical (unpaired) electrons. The first-order chi connectivity index (χ1) is 11.4. The van der Waals surface area contributed by atoms with Crippen LogP contribution >= 0.6 is 0 Å². The Morgan fingerprint density at radius 2 is 1.25 bits per heavy atom. The highest BCUT2D eigenvalue weighted by atomic mass is 16.2. The summed E-state index contributed by atoms with van der Waals surface area (Å²) in [5.74, 6) is 0. The molecule has 0 saturated carbocycles. The van der Waals surface area contributed by atoms with Crippen molar-refractivity contribution in [2.24, 2.45) is 0 Å². The lowest BCUT2D eigenvalue weighted by Crippen LogP contribution is -2.59. The second-order valence-electron chi connectivity index (χ2n) is 5.90. The summed E-state index contributed by atoms with van der Waals surface area (Å²) in [5.41, 5.74) is 0. The van der Waals surface area contributed by atoms with Crippen LogP contribution in [0.3, 0.4) is 0 Å². The number of hydrogen-bond acceptors (Lipinski definition) is 3. The van der Waals surface area contributed by atoms with Crippen LogP contribution in [0.4, 0.5) is 14.4 Å². The van der Waals surface area contributed by atoms with E-state index in [1.54, 1.807) is 14.1 Å². The van der Waals surface area contributed by atoms with Gasteiger partial charge in [-0.2, -0.15) is 0 Å². The molecule has 1 aliphatic rings. The highest BCUT2D eigenvalue weighted by Crippen LogP contribution is 2.16. The van der Waals surface area contributed by atoms with Crippen LogP contribution in [-0.2, 0) is 0 Å². The minimum absolute atomic E-state index is 0.271. The average Bonchev–Trinajstić information content (AvgIpc) is 2.73. The summed E-state index contributed by atoms with van der Waals surface area (Å²) in [5, 5.41) is 11.0. The highest BCUT2D eigenvalue weighted by Gasteiger charge is 2.43. The predicted octanol–water partition coefficient (Wildman–Crippen LogP) is 0.834. The van der Waals surface area contributed by atoms with Crippen molar-refractivity contribution in [1.29, 1.82) is 0 Å². The van der Waals surface area contributed by atoms with Crippen molar-refractivity contribution in [3.8, 4) is 0 Å². The number of rotatable bonds is 8. The lowest BCUT2D eigenvalue weighted by molar-refractivity contribution is 0.193. The van der Waals surface area contributed by atoms with Gasteiger partial charge in [-0.1, -0.05) is 26.7 Å². The van der Waals surface area contributed by atoms with Crippen molar-refractivity contribution in [3.05, 3.63) is 0 Å². The molecule has 9 heteroatoms. The molecule has 0 aliphatic carbocycles. The third kappa shape index (κ3) is 5.47. The topological polar surface area (TPSA) is 106 Å². The Labute approximate surface area is 143 Å². The van der Waals surface area contributed by atoms with Gasteiger partial charge in [0.2, 0.25) is 0 Å². The summed E-state index contributed by atoms with van der Waals surface area (Å²) in [6.45, 7) is 5.21. The molecule has 1 fully saturated rings. The third-order valence-electron chi connectivity index (χ3n) is 3.93. The second kappa shape index (κ2) is 9.84. The van der Waals surface area contributed by atoms with Gasteiger partial charge in [0.25, 0.3) is 0 Å². The van der Waals surface area contributed by atoms with E-state index >= 15 is 0 Å². The molecule has 4 N–H and O–H groups in total. The van der Waals surface area contributed by atoms with E-state index in [0.29, 0.717) is 13.1 Å². The van der Waals surface area contributed by atoms with Crippen LogP contribution in [0, 0.1) is 0 Å². The Bertz CT molecular complexity index is 407. The van der Waals surface area contributed by atoms with Gasteiger partial charge in [0.05, 0.1) is 0 Å². The lowest BCUT2D eigenvalue weighted by Gasteiger charge is -2.27. The summed E-state index contributed by atoms with van der Waals surface area (Å²) in [7, 11) is 3.18. The van der Waals surface area contributed by atoms with Crippen LogP contribution in [0.15, 0.2) is 0 Å². The number of likely N-dealkylation sites (N-methyl/N-ethyl adjacent to an activating group) is 2. The van der Waals surface area contributed by atoms with E-state index in [2.05, 4.69) is 21.3 Å². The Morgan fingerprint density at radius 1 is 0.875 bits per heavy atom. The molecule has 0 aromatic rings. The molecule has 138 valence electrons. The van der Waals surface area contributed by atoms with Gasteiger partial charge in [0.1, 0.15) is 12.3 Å². The van der Waals surface area contributed by atoms with E-state index in [1.165, 1.54) is 9.80 Å². The Balaban J connectivity index is 2.62. The Morgan fingerprint density at radius 3 is 1.58 bits per heavy atom. The monoisotopic (exact) mass is 342 g/mol. The number of unbranched alkanes of at least 4 members (excludes halogenated alkanes) is 2. The van der Waals surface area contributed by atoms with Crippen molar-refractivity contribution in [1.82, 2.24) is 31.1 Å². The first-order valence-corrected chi connectivity index (χ1v) is 8.50. The third-order valence-corrected chi connectivity index (χ3v) is 3.93. The molecule has 1 heterocycles. The van der Waals surface area contributed by atoms with Gasteiger partial charge in [-0.25, -0.2) is 14.4 Å². The second-order valence-corrected chi connectivity index (χ2v) is 5.90. The smallest absolute Gasteiger partial charge is 0.323 e. The fourth-order valence-electron chi connectivity index (χ4n) is 2.39. The molecule has 2 atom stereocenters. The zero-order chi connectivity index (χ0) is 18.1. The first kappa shape index (κ1) is 19.9. The SMILES string of the molecule is CCCCNC(=O)N[C@@H]1[C@H](NC(=O)NCCCC)N(C)C(=O)N1C. The van der Waals surface area contributed by atoms with E-state index in [-0.39, 0.29) is 18.1 Å². The van der Waals surface area contributed by atoms with Crippen molar-refractivity contribution < 1.29 is 14.4 Å². The largest absolute Gasteiger partial charge is 0.338 e. The number of nitrogens with one attached hydrogen (secondary N) is 4. The quantitative estimate of drug-likeness (QED) is 0.491. The zero-order valence-electron chi connectivity index (χ0n) is 15.0. The van der Waals surface area contributed by atoms with Gasteiger partial charge in [0, 0.05) is 27.2 Å². The summed E-state index contributed by atoms with van der Waals surface area (Å²) < 4.78 is 0. The normalized spacial score (nSPS) is 20.1. The first-order valence-electron chi connectivity index (χ1n) is 8.50. The maximum Gasteiger partial charge on any atom is 0.323 e. The van der Waals surface area contributed by atoms with Crippen molar-refractivity contribution in [2.45, 2.75) is 51.9 Å². The molecule has 0 spiro atoms. The average molecular weight is 342 g/mol. The van der Waals surface area contributed by atoms with Crippen molar-refractivity contribution in [2.75, 3.05) is 27.2 Å². The van der Waals surface area contributed by atoms with E-state index < -0.39 is 12.3 Å². The van der Waals surface area contributed by atoms with Crippen LogP contribution < -0.4 is 21.3 Å². The molecule has 1 aliphatic heterocycles. The molecule has 0 bridgehead atoms. The fourth-order valence-corrected chi connectivity index (χ4v) is 2.39. The number of hydrogen-bond donors (Lipinski definition) is 4. The molecule has 1 saturated heterocycles. The van der Waals surface area contributed by atoms with Gasteiger partial charge in [-0.3, -0.25) is 0 Å². The van der Waals surface area contributed by atoms with Crippen LogP contribution in [0.1, 0.15) is 39.5 Å². The summed E-state index contributed by atoms with van der Waals surface area (Å²) >= 11 is 0. The van der Waals surface area contributed by atoms with E-state index in [4.69, 9.17) is 0 Å². The lowest BCUT2D eigenvalue weighted by atomic mass is 10.3. The van der Waals surface area contributed by atoms with E-state index in [1.807, 2.05) is 13.8 Å². The number of carbonyl (C=O) groups is 3. The van der Waals surface area contributed by atoms with Crippen LogP contribution in [0.2, 0.25) is 0 Å². The van der Waals surface area contributed by atoms with Gasteiger partial charge in [0.15, 0.2) is 0 Å². The summed E-state index contributed by atoms with van der Waals surface area (Å²) in [6, 6.07) is -0.990. The number of amides is 6. The van der Waals surface area contributed by atoms with Crippen LogP contribution in [0.25, 0.3) is 0 Å². The van der Waals surface area contributed by atoms with Gasteiger partial charge in [-0.15, -0.1) is 0 Å². The minimum Gasteiger partial charge on any atom is -0.338 e. The van der Waals surface area contributed by atoms with E-state index in [9.17, 15) is 14.4 Å². The molecule has 24 heavy (non-hydrogen) atoms. The highest BCUT2D eigenvalue weighted by molar-refractivity contribution is 5.82. The molecule has 9 nitrogen and oxygen atoms in total. The summed E-state index contributed by atoms with van der Waals surface area (Å²) in [6.07, 6.45) is 2.45. The molecular formula is C15H30N6O3. The Hall–Kier alpha value is -2.19. The van der Waals surface area contributed by atoms with E-state index in [0.717, 1.165) is 25.7 Å². The molecule has 0 aromatic carbocycles. The molecule has 0 unspecified atom stereocenters. The number of urea groups is 3. The molecule has 0 aromatic heterocycles. The van der Waals surface area contributed by atoms with Crippen molar-refractivity contribution in [3.63, 3.8) is 0 Å². The standard InChI is InChI=1S/C15H30N6O3/c1-5-7-9-16-13(22)18-11-12(21(4)15(24)20(11)3)19-14(23)17-10-8-6-2/h11-12H,5-10H2,1-4H3,(H2,16,18,22)(H2,17,19,23)/t11-,12+. The number of nitrogens with zero attached hydrogens (tertiary/aromatic N) is 2. The van der Waals surface area contributed by atoms with Gasteiger partial charge >= 0.3 is 18.1 Å². The predicted molar refractivity (Wildman–Crippen MR) is 91.4 cm³/mol. The van der Waals surface area contributed by atoms with Crippen LogP contribution in [-0.4, -0.2) is 67.4 Å². The van der Waals surface area contributed by atoms with Crippen LogP contribution in [0.5, 0.6) is 0 Å². The van der Waals surface area contributed by atoms with Gasteiger partial charge in [-0.05, 0) is 12.8 Å². The van der Waals surface area contributed by atoms with Gasteiger partial charge < -0.3 is 31.1 Å². The summed E-state index contributed by atoms with van der Waals surface area (Å²) in [4.78, 5) is 38.9. The maximum absolute atomic E-state index is 12.1. The number of carbonyl (C=O) groups excluding carboxylic acids is 3.